The van der Waals surface area contributed by atoms with Crippen molar-refractivity contribution < 1.29 is 36.7 Å². The summed E-state index contributed by atoms with van der Waals surface area (Å²) >= 11 is 0. The highest BCUT2D eigenvalue weighted by Gasteiger charge is 2.64. The Morgan fingerprint density at radius 2 is 1.89 bits per heavy atom. The predicted octanol–water partition coefficient (Wildman–Crippen LogP) is 3.88. The number of carbonyl (C=O) groups is 2. The van der Waals surface area contributed by atoms with Gasteiger partial charge in [0.15, 0.2) is 5.41 Å². The number of hydrogen-bond acceptors (Lipinski definition) is 3. The summed E-state index contributed by atoms with van der Waals surface area (Å²) in [4.78, 5) is 24.3. The van der Waals surface area contributed by atoms with E-state index in [1.807, 2.05) is 0 Å². The van der Waals surface area contributed by atoms with Crippen LogP contribution >= 0.6 is 0 Å². The summed E-state index contributed by atoms with van der Waals surface area (Å²) in [5.41, 5.74) is -2.67. The first kappa shape index (κ1) is 19.9. The van der Waals surface area contributed by atoms with Crippen LogP contribution in [-0.4, -0.2) is 41.1 Å². The molecule has 1 aliphatic rings. The van der Waals surface area contributed by atoms with Crippen molar-refractivity contribution in [3.63, 3.8) is 0 Å². The van der Waals surface area contributed by atoms with Crippen molar-refractivity contribution in [2.24, 2.45) is 5.41 Å². The standard InChI is InChI=1S/C19H17F4NO4/c20-14-4-2-1-3-13(14)15-7-5-12(28-15)6-8-16(25)24-10-9-18(11-24,17(26)27)19(21,22)23/h1-5,7H,6,8-11H2,(H,26,27). The molecule has 1 saturated heterocycles. The van der Waals surface area contributed by atoms with E-state index < -0.39 is 42.3 Å². The minimum Gasteiger partial charge on any atom is -0.481 e. The van der Waals surface area contributed by atoms with E-state index in [1.165, 1.54) is 18.2 Å². The number of amides is 1. The number of hydrogen-bond donors (Lipinski definition) is 1. The fourth-order valence-corrected chi connectivity index (χ4v) is 3.26. The number of carbonyl (C=O) groups excluding carboxylic acids is 1. The normalized spacial score (nSPS) is 19.8. The highest BCUT2D eigenvalue weighted by atomic mass is 19.4. The van der Waals surface area contributed by atoms with Gasteiger partial charge in [0.1, 0.15) is 17.3 Å². The predicted molar refractivity (Wildman–Crippen MR) is 89.7 cm³/mol. The summed E-state index contributed by atoms with van der Waals surface area (Å²) in [6, 6.07) is 9.12. The zero-order valence-electron chi connectivity index (χ0n) is 14.6. The molecule has 150 valence electrons. The minimum atomic E-state index is -4.94. The molecule has 0 radical (unpaired) electrons. The molecule has 1 fully saturated rings. The third-order valence-corrected chi connectivity index (χ3v) is 4.96. The van der Waals surface area contributed by atoms with Crippen molar-refractivity contribution in [1.82, 2.24) is 4.90 Å². The van der Waals surface area contributed by atoms with Crippen molar-refractivity contribution >= 4 is 11.9 Å². The molecular weight excluding hydrogens is 382 g/mol. The largest absolute Gasteiger partial charge is 0.481 e. The zero-order valence-corrected chi connectivity index (χ0v) is 14.6. The lowest BCUT2D eigenvalue weighted by molar-refractivity contribution is -0.227. The molecule has 1 N–H and O–H groups in total. The van der Waals surface area contributed by atoms with Gasteiger partial charge in [0.2, 0.25) is 5.91 Å². The molecule has 2 aromatic rings. The monoisotopic (exact) mass is 399 g/mol. The molecule has 1 unspecified atom stereocenters. The molecule has 0 saturated carbocycles. The number of likely N-dealkylation sites (tertiary alicyclic amines) is 1. The highest BCUT2D eigenvalue weighted by molar-refractivity contribution is 5.81. The summed E-state index contributed by atoms with van der Waals surface area (Å²) in [6.45, 7) is -1.17. The first-order chi connectivity index (χ1) is 13.1. The molecule has 9 heteroatoms. The van der Waals surface area contributed by atoms with Gasteiger partial charge >= 0.3 is 12.1 Å². The average Bonchev–Trinajstić information content (AvgIpc) is 3.27. The number of benzene rings is 1. The van der Waals surface area contributed by atoms with Gasteiger partial charge in [0.25, 0.3) is 0 Å². The quantitative estimate of drug-likeness (QED) is 0.775. The molecule has 1 amide bonds. The van der Waals surface area contributed by atoms with E-state index in [0.717, 1.165) is 4.90 Å². The molecule has 1 aromatic heterocycles. The highest BCUT2D eigenvalue weighted by Crippen LogP contribution is 2.45. The van der Waals surface area contributed by atoms with E-state index >= 15 is 0 Å². The van der Waals surface area contributed by atoms with Crippen LogP contribution in [0.1, 0.15) is 18.6 Å². The molecule has 5 nitrogen and oxygen atoms in total. The molecule has 3 rings (SSSR count). The molecular formula is C19H17F4NO4. The Bertz CT molecular complexity index is 892. The number of alkyl halides is 3. The topological polar surface area (TPSA) is 70.8 Å². The molecule has 0 aliphatic carbocycles. The van der Waals surface area contributed by atoms with Gasteiger partial charge in [-0.2, -0.15) is 13.2 Å². The molecule has 1 atom stereocenters. The average molecular weight is 399 g/mol. The lowest BCUT2D eigenvalue weighted by Gasteiger charge is -2.27. The van der Waals surface area contributed by atoms with Gasteiger partial charge in [-0.05, 0) is 30.7 Å². The van der Waals surface area contributed by atoms with Gasteiger partial charge in [-0.1, -0.05) is 12.1 Å². The second-order valence-corrected chi connectivity index (χ2v) is 6.70. The van der Waals surface area contributed by atoms with Gasteiger partial charge in [-0.3, -0.25) is 9.59 Å². The maximum atomic E-state index is 13.8. The summed E-state index contributed by atoms with van der Waals surface area (Å²) in [7, 11) is 0. The Morgan fingerprint density at radius 1 is 1.18 bits per heavy atom. The Labute approximate surface area is 157 Å². The van der Waals surface area contributed by atoms with E-state index in [9.17, 15) is 27.2 Å². The minimum absolute atomic E-state index is 0.107. The van der Waals surface area contributed by atoms with Gasteiger partial charge < -0.3 is 14.4 Å². The molecule has 28 heavy (non-hydrogen) atoms. The number of nitrogens with zero attached hydrogens (tertiary/aromatic N) is 1. The number of carboxylic acid groups (broad SMARTS) is 1. The van der Waals surface area contributed by atoms with Crippen molar-refractivity contribution in [1.29, 1.82) is 0 Å². The number of aryl methyl sites for hydroxylation is 1. The fraction of sp³-hybridized carbons (Fsp3) is 0.368. The Hall–Kier alpha value is -2.84. The van der Waals surface area contributed by atoms with Crippen LogP contribution in [-0.2, 0) is 16.0 Å². The molecule has 0 spiro atoms. The van der Waals surface area contributed by atoms with E-state index in [4.69, 9.17) is 9.52 Å². The van der Waals surface area contributed by atoms with Crippen molar-refractivity contribution in [2.45, 2.75) is 25.4 Å². The van der Waals surface area contributed by atoms with E-state index in [2.05, 4.69) is 0 Å². The van der Waals surface area contributed by atoms with Crippen LogP contribution in [0.15, 0.2) is 40.8 Å². The van der Waals surface area contributed by atoms with Crippen LogP contribution in [0, 0.1) is 11.2 Å². The van der Waals surface area contributed by atoms with Crippen LogP contribution in [0.25, 0.3) is 11.3 Å². The summed E-state index contributed by atoms with van der Waals surface area (Å²) < 4.78 is 58.8. The third-order valence-electron chi connectivity index (χ3n) is 4.96. The lowest BCUT2D eigenvalue weighted by atomic mass is 9.86. The van der Waals surface area contributed by atoms with Crippen molar-refractivity contribution in [3.8, 4) is 11.3 Å². The van der Waals surface area contributed by atoms with Crippen LogP contribution in [0.5, 0.6) is 0 Å². The number of rotatable bonds is 5. The number of halogens is 4. The van der Waals surface area contributed by atoms with E-state index in [0.29, 0.717) is 5.76 Å². The summed E-state index contributed by atoms with van der Waals surface area (Å²) in [5.74, 6) is -2.37. The van der Waals surface area contributed by atoms with Crippen LogP contribution in [0.2, 0.25) is 0 Å². The lowest BCUT2D eigenvalue weighted by Crippen LogP contribution is -2.47. The number of carboxylic acids is 1. The fourth-order valence-electron chi connectivity index (χ4n) is 3.26. The Kier molecular flexibility index (Phi) is 5.18. The maximum absolute atomic E-state index is 13.8. The van der Waals surface area contributed by atoms with E-state index in [1.54, 1.807) is 18.2 Å². The number of aliphatic carboxylic acids is 1. The SMILES string of the molecule is O=C(CCc1ccc(-c2ccccc2F)o1)N1CCC(C(=O)O)(C(F)(F)F)C1. The summed E-state index contributed by atoms with van der Waals surface area (Å²) in [5, 5.41) is 9.04. The first-order valence-corrected chi connectivity index (χ1v) is 8.55. The maximum Gasteiger partial charge on any atom is 0.406 e. The van der Waals surface area contributed by atoms with Crippen LogP contribution in [0.4, 0.5) is 17.6 Å². The second-order valence-electron chi connectivity index (χ2n) is 6.70. The number of furan rings is 1. The third kappa shape index (κ3) is 3.61. The van der Waals surface area contributed by atoms with Crippen LogP contribution < -0.4 is 0 Å². The smallest absolute Gasteiger partial charge is 0.406 e. The molecule has 2 heterocycles. The van der Waals surface area contributed by atoms with E-state index in [-0.39, 0.29) is 30.7 Å². The Morgan fingerprint density at radius 3 is 2.50 bits per heavy atom. The molecule has 1 aromatic carbocycles. The Balaban J connectivity index is 1.63. The van der Waals surface area contributed by atoms with Gasteiger partial charge in [-0.15, -0.1) is 0 Å². The van der Waals surface area contributed by atoms with Gasteiger partial charge in [0.05, 0.1) is 5.56 Å². The van der Waals surface area contributed by atoms with Crippen molar-refractivity contribution in [3.05, 3.63) is 48.0 Å². The molecule has 0 bridgehead atoms. The molecule has 1 aliphatic heterocycles. The summed E-state index contributed by atoms with van der Waals surface area (Å²) in [6.07, 6.45) is -5.65. The van der Waals surface area contributed by atoms with Gasteiger partial charge in [0, 0.05) is 25.9 Å². The van der Waals surface area contributed by atoms with Crippen LogP contribution in [0.3, 0.4) is 0 Å². The van der Waals surface area contributed by atoms with Crippen molar-refractivity contribution in [2.75, 3.05) is 13.1 Å². The second kappa shape index (κ2) is 7.29. The zero-order chi connectivity index (χ0) is 20.5. The first-order valence-electron chi connectivity index (χ1n) is 8.55. The van der Waals surface area contributed by atoms with Gasteiger partial charge in [-0.25, -0.2) is 4.39 Å².